The summed E-state index contributed by atoms with van der Waals surface area (Å²) in [5, 5.41) is 3.76. The van der Waals surface area contributed by atoms with Crippen LogP contribution in [0.3, 0.4) is 0 Å². The molecule has 156 valence electrons. The Labute approximate surface area is 167 Å². The Kier molecular flexibility index (Phi) is 8.06. The van der Waals surface area contributed by atoms with Gasteiger partial charge in [0.05, 0.1) is 30.6 Å². The van der Waals surface area contributed by atoms with Crippen molar-refractivity contribution >= 4 is 12.1 Å². The summed E-state index contributed by atoms with van der Waals surface area (Å²) in [6.45, 7) is 4.91. The van der Waals surface area contributed by atoms with Gasteiger partial charge < -0.3 is 9.47 Å². The SMILES string of the molecule is CCCCOc1ccc(/C=N/NC(=O)c2ccccc2C(F)(F)F)cc1OCC. The molecular weight excluding hydrogens is 385 g/mol. The maximum absolute atomic E-state index is 13.0. The molecule has 0 unspecified atom stereocenters. The molecule has 0 aliphatic rings. The molecule has 0 saturated carbocycles. The largest absolute Gasteiger partial charge is 0.490 e. The number of ether oxygens (including phenoxy) is 2. The fourth-order valence-corrected chi connectivity index (χ4v) is 2.47. The Bertz CT molecular complexity index is 851. The highest BCUT2D eigenvalue weighted by molar-refractivity contribution is 5.96. The number of nitrogens with one attached hydrogen (secondary N) is 1. The van der Waals surface area contributed by atoms with E-state index in [1.807, 2.05) is 6.92 Å². The summed E-state index contributed by atoms with van der Waals surface area (Å²) in [6.07, 6.45) is -1.38. The zero-order valence-corrected chi connectivity index (χ0v) is 16.3. The van der Waals surface area contributed by atoms with Gasteiger partial charge in [-0.05, 0) is 49.2 Å². The molecule has 0 aromatic heterocycles. The molecular formula is C21H23F3N2O3. The monoisotopic (exact) mass is 408 g/mol. The van der Waals surface area contributed by atoms with Crippen molar-refractivity contribution in [2.75, 3.05) is 13.2 Å². The molecule has 0 fully saturated rings. The number of nitrogens with zero attached hydrogens (tertiary/aromatic N) is 1. The number of alkyl halides is 3. The minimum atomic E-state index is -4.63. The van der Waals surface area contributed by atoms with Crippen molar-refractivity contribution in [1.29, 1.82) is 0 Å². The average molecular weight is 408 g/mol. The van der Waals surface area contributed by atoms with Crippen molar-refractivity contribution in [2.24, 2.45) is 5.10 Å². The lowest BCUT2D eigenvalue weighted by Gasteiger charge is -2.12. The summed E-state index contributed by atoms with van der Waals surface area (Å²) in [5.74, 6) is 0.181. The minimum absolute atomic E-state index is 0.440. The maximum Gasteiger partial charge on any atom is 0.417 e. The Morgan fingerprint density at radius 2 is 1.86 bits per heavy atom. The number of carbonyl (C=O) groups is 1. The van der Waals surface area contributed by atoms with Gasteiger partial charge in [0.15, 0.2) is 11.5 Å². The van der Waals surface area contributed by atoms with Gasteiger partial charge in [0, 0.05) is 0 Å². The number of unbranched alkanes of at least 4 members (excludes halogenated alkanes) is 1. The molecule has 8 heteroatoms. The summed E-state index contributed by atoms with van der Waals surface area (Å²) >= 11 is 0. The van der Waals surface area contributed by atoms with Gasteiger partial charge in [-0.15, -0.1) is 0 Å². The van der Waals surface area contributed by atoms with Gasteiger partial charge in [0.2, 0.25) is 0 Å². The van der Waals surface area contributed by atoms with E-state index in [1.165, 1.54) is 18.3 Å². The van der Waals surface area contributed by atoms with Crippen molar-refractivity contribution in [2.45, 2.75) is 32.9 Å². The lowest BCUT2D eigenvalue weighted by atomic mass is 10.1. The van der Waals surface area contributed by atoms with Crippen molar-refractivity contribution in [3.05, 3.63) is 59.2 Å². The number of carbonyl (C=O) groups excluding carboxylic acids is 1. The van der Waals surface area contributed by atoms with E-state index in [-0.39, 0.29) is 0 Å². The van der Waals surface area contributed by atoms with Gasteiger partial charge in [-0.3, -0.25) is 4.79 Å². The highest BCUT2D eigenvalue weighted by Gasteiger charge is 2.34. The predicted molar refractivity (Wildman–Crippen MR) is 105 cm³/mol. The Morgan fingerprint density at radius 1 is 1.10 bits per heavy atom. The summed E-state index contributed by atoms with van der Waals surface area (Å²) in [5.41, 5.74) is 1.22. The molecule has 5 nitrogen and oxygen atoms in total. The maximum atomic E-state index is 13.0. The number of hydrazone groups is 1. The van der Waals surface area contributed by atoms with Crippen LogP contribution in [0.15, 0.2) is 47.6 Å². The van der Waals surface area contributed by atoms with E-state index < -0.39 is 23.2 Å². The number of halogens is 3. The molecule has 0 bridgehead atoms. The third-order valence-corrected chi connectivity index (χ3v) is 3.88. The van der Waals surface area contributed by atoms with Gasteiger partial charge in [0.1, 0.15) is 0 Å². The van der Waals surface area contributed by atoms with Crippen LogP contribution in [0, 0.1) is 0 Å². The normalized spacial score (nSPS) is 11.5. The van der Waals surface area contributed by atoms with E-state index >= 15 is 0 Å². The van der Waals surface area contributed by atoms with Crippen LogP contribution in [0.4, 0.5) is 13.2 Å². The topological polar surface area (TPSA) is 59.9 Å². The lowest BCUT2D eigenvalue weighted by molar-refractivity contribution is -0.137. The number of hydrogen-bond donors (Lipinski definition) is 1. The molecule has 0 saturated heterocycles. The van der Waals surface area contributed by atoms with Crippen LogP contribution in [0.2, 0.25) is 0 Å². The van der Waals surface area contributed by atoms with Crippen LogP contribution >= 0.6 is 0 Å². The van der Waals surface area contributed by atoms with Crippen LogP contribution < -0.4 is 14.9 Å². The Balaban J connectivity index is 2.10. The van der Waals surface area contributed by atoms with E-state index in [0.717, 1.165) is 25.0 Å². The Morgan fingerprint density at radius 3 is 2.55 bits per heavy atom. The van der Waals surface area contributed by atoms with Crippen LogP contribution in [-0.4, -0.2) is 25.3 Å². The fourth-order valence-electron chi connectivity index (χ4n) is 2.47. The van der Waals surface area contributed by atoms with Crippen molar-refractivity contribution in [1.82, 2.24) is 5.43 Å². The molecule has 0 radical (unpaired) electrons. The fraction of sp³-hybridized carbons (Fsp3) is 0.333. The summed E-state index contributed by atoms with van der Waals surface area (Å²) < 4.78 is 50.3. The van der Waals surface area contributed by atoms with Gasteiger partial charge in [-0.1, -0.05) is 25.5 Å². The van der Waals surface area contributed by atoms with Crippen LogP contribution in [0.25, 0.3) is 0 Å². The summed E-state index contributed by atoms with van der Waals surface area (Å²) in [7, 11) is 0. The van der Waals surface area contributed by atoms with Gasteiger partial charge in [-0.25, -0.2) is 5.43 Å². The number of amides is 1. The minimum Gasteiger partial charge on any atom is -0.490 e. The van der Waals surface area contributed by atoms with Crippen LogP contribution in [0.1, 0.15) is 48.2 Å². The molecule has 2 aromatic carbocycles. The van der Waals surface area contributed by atoms with E-state index in [2.05, 4.69) is 17.5 Å². The molecule has 1 N–H and O–H groups in total. The van der Waals surface area contributed by atoms with E-state index in [0.29, 0.717) is 30.3 Å². The molecule has 2 rings (SSSR count). The second-order valence-electron chi connectivity index (χ2n) is 6.08. The van der Waals surface area contributed by atoms with Gasteiger partial charge >= 0.3 is 6.18 Å². The quantitative estimate of drug-likeness (QED) is 0.359. The van der Waals surface area contributed by atoms with Gasteiger partial charge in [-0.2, -0.15) is 18.3 Å². The summed E-state index contributed by atoms with van der Waals surface area (Å²) in [4.78, 5) is 12.1. The first-order valence-corrected chi connectivity index (χ1v) is 9.26. The average Bonchev–Trinajstić information content (AvgIpc) is 2.69. The third-order valence-electron chi connectivity index (χ3n) is 3.88. The number of hydrogen-bond acceptors (Lipinski definition) is 4. The molecule has 1 amide bonds. The molecule has 2 aromatic rings. The first-order valence-electron chi connectivity index (χ1n) is 9.26. The second-order valence-corrected chi connectivity index (χ2v) is 6.08. The molecule has 0 atom stereocenters. The predicted octanol–water partition coefficient (Wildman–Crippen LogP) is 5.05. The van der Waals surface area contributed by atoms with Crippen molar-refractivity contribution in [3.63, 3.8) is 0 Å². The lowest BCUT2D eigenvalue weighted by Crippen LogP contribution is -2.22. The molecule has 0 aliphatic carbocycles. The van der Waals surface area contributed by atoms with Crippen LogP contribution in [-0.2, 0) is 6.18 Å². The molecule has 0 spiro atoms. The first kappa shape index (κ1) is 22.3. The Hall–Kier alpha value is -3.03. The highest BCUT2D eigenvalue weighted by Crippen LogP contribution is 2.32. The van der Waals surface area contributed by atoms with E-state index in [4.69, 9.17) is 9.47 Å². The zero-order chi connectivity index (χ0) is 21.3. The summed E-state index contributed by atoms with van der Waals surface area (Å²) in [6, 6.07) is 9.66. The number of rotatable bonds is 9. The van der Waals surface area contributed by atoms with Crippen LogP contribution in [0.5, 0.6) is 11.5 Å². The highest BCUT2D eigenvalue weighted by atomic mass is 19.4. The van der Waals surface area contributed by atoms with E-state index in [9.17, 15) is 18.0 Å². The second kappa shape index (κ2) is 10.5. The smallest absolute Gasteiger partial charge is 0.417 e. The third kappa shape index (κ3) is 6.51. The molecule has 29 heavy (non-hydrogen) atoms. The number of benzene rings is 2. The standard InChI is InChI=1S/C21H23F3N2O3/c1-3-5-12-29-18-11-10-15(13-19(18)28-4-2)14-25-26-20(27)16-8-6-7-9-17(16)21(22,23)24/h6-11,13-14H,3-5,12H2,1-2H3,(H,26,27)/b25-14+. The van der Waals surface area contributed by atoms with Crippen molar-refractivity contribution < 1.29 is 27.4 Å². The zero-order valence-electron chi connectivity index (χ0n) is 16.3. The van der Waals surface area contributed by atoms with E-state index in [1.54, 1.807) is 18.2 Å². The molecule has 0 heterocycles. The molecule has 0 aliphatic heterocycles. The first-order chi connectivity index (χ1) is 13.9. The van der Waals surface area contributed by atoms with Crippen molar-refractivity contribution in [3.8, 4) is 11.5 Å². The van der Waals surface area contributed by atoms with Gasteiger partial charge in [0.25, 0.3) is 5.91 Å².